The molecule has 1 aliphatic rings. The first-order valence-corrected chi connectivity index (χ1v) is 7.27. The molecule has 0 radical (unpaired) electrons. The normalized spacial score (nSPS) is 22.1. The van der Waals surface area contributed by atoms with Crippen LogP contribution in [0.4, 0.5) is 5.69 Å². The molecule has 1 aromatic carbocycles. The van der Waals surface area contributed by atoms with E-state index in [1.807, 2.05) is 32.5 Å². The third-order valence-corrected chi connectivity index (χ3v) is 3.74. The lowest BCUT2D eigenvalue weighted by Gasteiger charge is -2.26. The van der Waals surface area contributed by atoms with Crippen LogP contribution in [0.1, 0.15) is 12.0 Å². The van der Waals surface area contributed by atoms with E-state index in [9.17, 15) is 0 Å². The van der Waals surface area contributed by atoms with Gasteiger partial charge in [-0.05, 0) is 23.8 Å². The quantitative estimate of drug-likeness (QED) is 0.783. The standard InChI is InChI=1S/C16H19BrN2O/c1-19(2)15-8-6-13(7-9-15)12-18-16(20-3)10-4-5-14(17)11-16/h4-9,11-12H,10H2,1-3H3. The second-order valence-electron chi connectivity index (χ2n) is 4.93. The molecule has 0 spiro atoms. The molecule has 0 saturated carbocycles. The summed E-state index contributed by atoms with van der Waals surface area (Å²) in [6.07, 6.45) is 8.65. The van der Waals surface area contributed by atoms with Crippen LogP contribution < -0.4 is 4.90 Å². The number of anilines is 1. The Morgan fingerprint density at radius 2 is 2.00 bits per heavy atom. The maximum absolute atomic E-state index is 5.57. The number of methoxy groups -OCH3 is 1. The van der Waals surface area contributed by atoms with E-state index in [2.05, 4.69) is 56.2 Å². The fourth-order valence-electron chi connectivity index (χ4n) is 1.99. The molecular weight excluding hydrogens is 316 g/mol. The number of allylic oxidation sites excluding steroid dienone is 2. The van der Waals surface area contributed by atoms with Gasteiger partial charge in [0.05, 0.1) is 0 Å². The van der Waals surface area contributed by atoms with Crippen LogP contribution in [0.3, 0.4) is 0 Å². The lowest BCUT2D eigenvalue weighted by atomic mass is 10.1. The van der Waals surface area contributed by atoms with E-state index in [0.717, 1.165) is 16.5 Å². The van der Waals surface area contributed by atoms with E-state index in [0.29, 0.717) is 0 Å². The maximum atomic E-state index is 5.57. The minimum absolute atomic E-state index is 0.603. The molecule has 0 saturated heterocycles. The van der Waals surface area contributed by atoms with Crippen molar-refractivity contribution in [3.63, 3.8) is 0 Å². The van der Waals surface area contributed by atoms with Gasteiger partial charge in [-0.3, -0.25) is 4.99 Å². The molecule has 0 aliphatic heterocycles. The fourth-order valence-corrected chi connectivity index (χ4v) is 2.53. The number of halogens is 1. The Morgan fingerprint density at radius 3 is 2.55 bits per heavy atom. The first-order chi connectivity index (χ1) is 9.54. The number of nitrogens with zero attached hydrogens (tertiary/aromatic N) is 2. The highest BCUT2D eigenvalue weighted by atomic mass is 79.9. The summed E-state index contributed by atoms with van der Waals surface area (Å²) in [6, 6.07) is 8.26. The Bertz CT molecular complexity index is 546. The zero-order valence-corrected chi connectivity index (χ0v) is 13.6. The smallest absolute Gasteiger partial charge is 0.182 e. The van der Waals surface area contributed by atoms with Crippen LogP contribution in [-0.4, -0.2) is 33.1 Å². The molecule has 1 atom stereocenters. The van der Waals surface area contributed by atoms with E-state index < -0.39 is 5.72 Å². The third-order valence-electron chi connectivity index (χ3n) is 3.25. The predicted molar refractivity (Wildman–Crippen MR) is 88.9 cm³/mol. The molecule has 0 fully saturated rings. The van der Waals surface area contributed by atoms with Crippen molar-refractivity contribution in [2.45, 2.75) is 12.1 Å². The van der Waals surface area contributed by atoms with Crippen LogP contribution in [0.2, 0.25) is 0 Å². The van der Waals surface area contributed by atoms with Crippen molar-refractivity contribution in [3.05, 3.63) is 52.5 Å². The van der Waals surface area contributed by atoms with Crippen LogP contribution in [0.25, 0.3) is 0 Å². The first-order valence-electron chi connectivity index (χ1n) is 6.47. The lowest BCUT2D eigenvalue weighted by Crippen LogP contribution is -2.27. The maximum Gasteiger partial charge on any atom is 0.182 e. The molecular formula is C16H19BrN2O. The van der Waals surface area contributed by atoms with Gasteiger partial charge in [0.2, 0.25) is 0 Å². The Labute approximate surface area is 128 Å². The summed E-state index contributed by atoms with van der Waals surface area (Å²) in [5.41, 5.74) is 1.63. The Kier molecular flexibility index (Phi) is 4.78. The van der Waals surface area contributed by atoms with E-state index in [4.69, 9.17) is 4.74 Å². The van der Waals surface area contributed by atoms with E-state index in [-0.39, 0.29) is 0 Å². The van der Waals surface area contributed by atoms with Gasteiger partial charge in [0, 0.05) is 44.0 Å². The van der Waals surface area contributed by atoms with Gasteiger partial charge in [0.1, 0.15) is 0 Å². The summed E-state index contributed by atoms with van der Waals surface area (Å²) in [5, 5.41) is 0. The molecule has 0 bridgehead atoms. The van der Waals surface area contributed by atoms with Crippen molar-refractivity contribution in [1.29, 1.82) is 0 Å². The van der Waals surface area contributed by atoms with E-state index in [1.54, 1.807) is 7.11 Å². The predicted octanol–water partition coefficient (Wildman–Crippen LogP) is 3.75. The summed E-state index contributed by atoms with van der Waals surface area (Å²) >= 11 is 3.47. The van der Waals surface area contributed by atoms with Crippen molar-refractivity contribution in [3.8, 4) is 0 Å². The van der Waals surface area contributed by atoms with Crippen LogP contribution in [0, 0.1) is 0 Å². The van der Waals surface area contributed by atoms with Crippen molar-refractivity contribution in [2.24, 2.45) is 4.99 Å². The third kappa shape index (κ3) is 3.58. The minimum atomic E-state index is -0.603. The molecule has 0 aromatic heterocycles. The summed E-state index contributed by atoms with van der Waals surface area (Å²) in [5.74, 6) is 0. The van der Waals surface area contributed by atoms with Crippen LogP contribution in [-0.2, 0) is 4.74 Å². The summed E-state index contributed by atoms with van der Waals surface area (Å²) < 4.78 is 6.56. The average molecular weight is 335 g/mol. The van der Waals surface area contributed by atoms with Gasteiger partial charge >= 0.3 is 0 Å². The number of ether oxygens (including phenoxy) is 1. The minimum Gasteiger partial charge on any atom is -0.378 e. The van der Waals surface area contributed by atoms with Gasteiger partial charge in [-0.15, -0.1) is 0 Å². The molecule has 4 heteroatoms. The molecule has 0 N–H and O–H groups in total. The summed E-state index contributed by atoms with van der Waals surface area (Å²) in [4.78, 5) is 6.68. The molecule has 1 aliphatic carbocycles. The Morgan fingerprint density at radius 1 is 1.30 bits per heavy atom. The van der Waals surface area contributed by atoms with Gasteiger partial charge in [-0.1, -0.05) is 40.2 Å². The van der Waals surface area contributed by atoms with Crippen molar-refractivity contribution in [1.82, 2.24) is 0 Å². The van der Waals surface area contributed by atoms with Crippen molar-refractivity contribution in [2.75, 3.05) is 26.1 Å². The number of hydrogen-bond acceptors (Lipinski definition) is 3. The zero-order valence-electron chi connectivity index (χ0n) is 12.0. The number of hydrogen-bond donors (Lipinski definition) is 0. The Hall–Kier alpha value is -1.39. The topological polar surface area (TPSA) is 24.8 Å². The highest BCUT2D eigenvalue weighted by Crippen LogP contribution is 2.28. The molecule has 106 valence electrons. The first kappa shape index (κ1) is 15.0. The van der Waals surface area contributed by atoms with Crippen molar-refractivity contribution < 1.29 is 4.74 Å². The van der Waals surface area contributed by atoms with E-state index in [1.165, 1.54) is 5.69 Å². The molecule has 1 aromatic rings. The second-order valence-corrected chi connectivity index (χ2v) is 5.84. The van der Waals surface area contributed by atoms with Crippen LogP contribution in [0.15, 0.2) is 52.0 Å². The van der Waals surface area contributed by atoms with Gasteiger partial charge in [-0.25, -0.2) is 0 Å². The number of aliphatic imine (C=N–C) groups is 1. The monoisotopic (exact) mass is 334 g/mol. The molecule has 1 unspecified atom stereocenters. The van der Waals surface area contributed by atoms with Gasteiger partial charge < -0.3 is 9.64 Å². The second kappa shape index (κ2) is 6.37. The van der Waals surface area contributed by atoms with Gasteiger partial charge in [0.25, 0.3) is 0 Å². The van der Waals surface area contributed by atoms with Crippen LogP contribution >= 0.6 is 15.9 Å². The molecule has 2 rings (SSSR count). The average Bonchev–Trinajstić information content (AvgIpc) is 2.45. The van der Waals surface area contributed by atoms with Crippen molar-refractivity contribution >= 4 is 27.8 Å². The van der Waals surface area contributed by atoms with E-state index >= 15 is 0 Å². The SMILES string of the molecule is COC1(N=Cc2ccc(N(C)C)cc2)C=C(Br)C=CC1. The highest BCUT2D eigenvalue weighted by Gasteiger charge is 2.26. The zero-order chi connectivity index (χ0) is 14.6. The van der Waals surface area contributed by atoms with Gasteiger partial charge in [-0.2, -0.15) is 0 Å². The molecule has 3 nitrogen and oxygen atoms in total. The number of benzene rings is 1. The summed E-state index contributed by atoms with van der Waals surface area (Å²) in [6.45, 7) is 0. The fraction of sp³-hybridized carbons (Fsp3) is 0.312. The molecule has 20 heavy (non-hydrogen) atoms. The molecule has 0 heterocycles. The summed E-state index contributed by atoms with van der Waals surface area (Å²) in [7, 11) is 5.74. The largest absolute Gasteiger partial charge is 0.378 e. The lowest BCUT2D eigenvalue weighted by molar-refractivity contribution is 0.0423. The number of rotatable bonds is 4. The Balaban J connectivity index is 2.17. The highest BCUT2D eigenvalue weighted by molar-refractivity contribution is 9.11. The molecule has 0 amide bonds. The van der Waals surface area contributed by atoms with Crippen LogP contribution in [0.5, 0.6) is 0 Å². The van der Waals surface area contributed by atoms with Gasteiger partial charge in [0.15, 0.2) is 5.72 Å².